The minimum atomic E-state index is -0.238. The number of carbonyl (C=O) groups excluding carboxylic acids is 1. The molecule has 1 N–H and O–H groups in total. The van der Waals surface area contributed by atoms with Crippen LogP contribution in [0.3, 0.4) is 0 Å². The lowest BCUT2D eigenvalue weighted by Crippen LogP contribution is -2.07. The van der Waals surface area contributed by atoms with E-state index in [-0.39, 0.29) is 5.91 Å². The molecule has 1 amide bonds. The largest absolute Gasteiger partial charge is 0.465 e. The summed E-state index contributed by atoms with van der Waals surface area (Å²) in [5.74, 6) is 0.398. The molecular weight excluding hydrogens is 274 g/mol. The Kier molecular flexibility index (Phi) is 5.49. The van der Waals surface area contributed by atoms with Gasteiger partial charge in [-0.25, -0.2) is 0 Å². The highest BCUT2D eigenvalue weighted by molar-refractivity contribution is 7.15. The Morgan fingerprint density at radius 3 is 3.10 bits per heavy atom. The van der Waals surface area contributed by atoms with Crippen molar-refractivity contribution < 1.29 is 9.21 Å². The number of aromatic nitrogens is 2. The number of hydrogen-bond donors (Lipinski definition) is 1. The van der Waals surface area contributed by atoms with Crippen LogP contribution in [0.1, 0.15) is 37.0 Å². The second kappa shape index (κ2) is 7.59. The predicted octanol–water partition coefficient (Wildman–Crippen LogP) is 3.52. The van der Waals surface area contributed by atoms with Gasteiger partial charge in [-0.2, -0.15) is 0 Å². The molecule has 0 aliphatic carbocycles. The molecule has 0 radical (unpaired) electrons. The van der Waals surface area contributed by atoms with Crippen LogP contribution in [0.25, 0.3) is 6.08 Å². The van der Waals surface area contributed by atoms with Crippen molar-refractivity contribution in [2.24, 2.45) is 0 Å². The number of nitrogens with one attached hydrogen (secondary N) is 1. The van der Waals surface area contributed by atoms with E-state index in [0.29, 0.717) is 10.9 Å². The molecule has 106 valence electrons. The van der Waals surface area contributed by atoms with Crippen LogP contribution in [-0.4, -0.2) is 16.1 Å². The summed E-state index contributed by atoms with van der Waals surface area (Å²) < 4.78 is 5.10. The summed E-state index contributed by atoms with van der Waals surface area (Å²) in [5.41, 5.74) is 0. The highest BCUT2D eigenvalue weighted by Gasteiger charge is 2.06. The third-order valence-electron chi connectivity index (χ3n) is 2.63. The highest BCUT2D eigenvalue weighted by atomic mass is 32.1. The lowest BCUT2D eigenvalue weighted by Gasteiger charge is -1.94. The fraction of sp³-hybridized carbons (Fsp3) is 0.357. The SMILES string of the molecule is CCCCCc1nnc(NC(=O)C=Cc2ccco2)s1. The maximum atomic E-state index is 11.7. The Bertz CT molecular complexity index is 561. The number of hydrogen-bond acceptors (Lipinski definition) is 5. The first-order valence-corrected chi connectivity index (χ1v) is 7.44. The van der Waals surface area contributed by atoms with Gasteiger partial charge in [0.1, 0.15) is 10.8 Å². The fourth-order valence-corrected chi connectivity index (χ4v) is 2.41. The Labute approximate surface area is 121 Å². The molecule has 0 saturated carbocycles. The molecule has 2 aromatic rings. The molecule has 2 heterocycles. The van der Waals surface area contributed by atoms with Crippen LogP contribution in [0.5, 0.6) is 0 Å². The summed E-state index contributed by atoms with van der Waals surface area (Å²) in [7, 11) is 0. The summed E-state index contributed by atoms with van der Waals surface area (Å²) in [6.45, 7) is 2.16. The zero-order chi connectivity index (χ0) is 14.2. The van der Waals surface area contributed by atoms with E-state index in [4.69, 9.17) is 4.42 Å². The first-order valence-electron chi connectivity index (χ1n) is 6.63. The van der Waals surface area contributed by atoms with Crippen molar-refractivity contribution in [1.82, 2.24) is 10.2 Å². The summed E-state index contributed by atoms with van der Waals surface area (Å²) >= 11 is 1.42. The van der Waals surface area contributed by atoms with Crippen molar-refractivity contribution >= 4 is 28.5 Å². The van der Waals surface area contributed by atoms with Gasteiger partial charge in [0.25, 0.3) is 0 Å². The Balaban J connectivity index is 1.82. The van der Waals surface area contributed by atoms with E-state index in [2.05, 4.69) is 22.4 Å². The van der Waals surface area contributed by atoms with E-state index in [1.807, 2.05) is 0 Å². The van der Waals surface area contributed by atoms with Gasteiger partial charge in [0.2, 0.25) is 11.0 Å². The first kappa shape index (κ1) is 14.5. The molecule has 20 heavy (non-hydrogen) atoms. The van der Waals surface area contributed by atoms with Crippen molar-refractivity contribution in [2.45, 2.75) is 32.6 Å². The topological polar surface area (TPSA) is 68.0 Å². The molecule has 6 heteroatoms. The number of furan rings is 1. The summed E-state index contributed by atoms with van der Waals surface area (Å²) in [6, 6.07) is 3.55. The number of carbonyl (C=O) groups is 1. The third-order valence-corrected chi connectivity index (χ3v) is 3.53. The monoisotopic (exact) mass is 291 g/mol. The lowest BCUT2D eigenvalue weighted by molar-refractivity contribution is -0.111. The van der Waals surface area contributed by atoms with Crippen LogP contribution in [0.4, 0.5) is 5.13 Å². The quantitative estimate of drug-likeness (QED) is 0.626. The second-order valence-electron chi connectivity index (χ2n) is 4.30. The van der Waals surface area contributed by atoms with Crippen molar-refractivity contribution in [3.8, 4) is 0 Å². The molecule has 0 aliphatic rings. The van der Waals surface area contributed by atoms with Gasteiger partial charge in [-0.1, -0.05) is 31.1 Å². The molecule has 0 atom stereocenters. The van der Waals surface area contributed by atoms with Crippen LogP contribution < -0.4 is 5.32 Å². The van der Waals surface area contributed by atoms with E-state index in [0.717, 1.165) is 17.8 Å². The van der Waals surface area contributed by atoms with Gasteiger partial charge in [0.15, 0.2) is 0 Å². The van der Waals surface area contributed by atoms with Gasteiger partial charge < -0.3 is 4.42 Å². The minimum Gasteiger partial charge on any atom is -0.465 e. The number of aryl methyl sites for hydroxylation is 1. The number of anilines is 1. The van der Waals surface area contributed by atoms with Gasteiger partial charge in [0, 0.05) is 12.5 Å². The van der Waals surface area contributed by atoms with E-state index < -0.39 is 0 Å². The molecule has 0 bridgehead atoms. The van der Waals surface area contributed by atoms with Crippen molar-refractivity contribution in [3.05, 3.63) is 35.2 Å². The van der Waals surface area contributed by atoms with Gasteiger partial charge in [-0.15, -0.1) is 10.2 Å². The number of nitrogens with zero attached hydrogens (tertiary/aromatic N) is 2. The predicted molar refractivity (Wildman–Crippen MR) is 79.5 cm³/mol. The van der Waals surface area contributed by atoms with Crippen LogP contribution in [0.2, 0.25) is 0 Å². The summed E-state index contributed by atoms with van der Waals surface area (Å²) in [5, 5.41) is 12.2. The molecule has 0 unspecified atom stereocenters. The van der Waals surface area contributed by atoms with Gasteiger partial charge in [-0.05, 0) is 24.6 Å². The highest BCUT2D eigenvalue weighted by Crippen LogP contribution is 2.17. The Morgan fingerprint density at radius 1 is 1.45 bits per heavy atom. The summed E-state index contributed by atoms with van der Waals surface area (Å²) in [6.07, 6.45) is 8.98. The number of unbranched alkanes of at least 4 members (excludes halogenated alkanes) is 2. The average molecular weight is 291 g/mol. The molecule has 5 nitrogen and oxygen atoms in total. The maximum absolute atomic E-state index is 11.7. The first-order chi connectivity index (χ1) is 9.78. The van der Waals surface area contributed by atoms with Crippen molar-refractivity contribution in [1.29, 1.82) is 0 Å². The van der Waals surface area contributed by atoms with E-state index >= 15 is 0 Å². The van der Waals surface area contributed by atoms with E-state index in [9.17, 15) is 4.79 Å². The summed E-state index contributed by atoms with van der Waals surface area (Å²) in [4.78, 5) is 11.7. The normalized spacial score (nSPS) is 11.1. The lowest BCUT2D eigenvalue weighted by atomic mass is 10.2. The molecule has 0 aliphatic heterocycles. The molecule has 0 aromatic carbocycles. The molecule has 2 aromatic heterocycles. The zero-order valence-electron chi connectivity index (χ0n) is 11.3. The van der Waals surface area contributed by atoms with Crippen molar-refractivity contribution in [2.75, 3.05) is 5.32 Å². The molecule has 0 spiro atoms. The number of rotatable bonds is 7. The van der Waals surface area contributed by atoms with Crippen LogP contribution in [0, 0.1) is 0 Å². The Hall–Kier alpha value is -1.95. The molecular formula is C14H17N3O2S. The smallest absolute Gasteiger partial charge is 0.250 e. The van der Waals surface area contributed by atoms with Crippen LogP contribution in [-0.2, 0) is 11.2 Å². The van der Waals surface area contributed by atoms with Crippen molar-refractivity contribution in [3.63, 3.8) is 0 Å². The minimum absolute atomic E-state index is 0.238. The maximum Gasteiger partial charge on any atom is 0.250 e. The number of amides is 1. The Morgan fingerprint density at radius 2 is 2.35 bits per heavy atom. The second-order valence-corrected chi connectivity index (χ2v) is 5.36. The van der Waals surface area contributed by atoms with E-state index in [1.165, 1.54) is 30.3 Å². The molecule has 0 fully saturated rings. The fourth-order valence-electron chi connectivity index (χ4n) is 1.62. The van der Waals surface area contributed by atoms with Gasteiger partial charge in [0.05, 0.1) is 6.26 Å². The molecule has 2 rings (SSSR count). The molecule has 0 saturated heterocycles. The zero-order valence-corrected chi connectivity index (χ0v) is 12.2. The van der Waals surface area contributed by atoms with Gasteiger partial charge >= 0.3 is 0 Å². The average Bonchev–Trinajstić information content (AvgIpc) is 3.08. The van der Waals surface area contributed by atoms with Crippen LogP contribution >= 0.6 is 11.3 Å². The standard InChI is InChI=1S/C14H17N3O2S/c1-2-3-4-7-13-16-17-14(20-13)15-12(18)9-8-11-6-5-10-19-11/h5-6,8-10H,2-4,7H2,1H3,(H,15,17,18). The van der Waals surface area contributed by atoms with Crippen LogP contribution in [0.15, 0.2) is 28.9 Å². The van der Waals surface area contributed by atoms with E-state index in [1.54, 1.807) is 24.5 Å². The third kappa shape index (κ3) is 4.62. The van der Waals surface area contributed by atoms with Gasteiger partial charge in [-0.3, -0.25) is 10.1 Å².